The van der Waals surface area contributed by atoms with Crippen molar-refractivity contribution in [3.05, 3.63) is 16.7 Å². The van der Waals surface area contributed by atoms with Crippen LogP contribution in [0.4, 0.5) is 10.2 Å². The Morgan fingerprint density at radius 1 is 1.73 bits per heavy atom. The predicted molar refractivity (Wildman–Crippen MR) is 39.4 cm³/mol. The van der Waals surface area contributed by atoms with Gasteiger partial charge in [-0.2, -0.15) is 4.39 Å². The minimum Gasteiger partial charge on any atom is -0.309 e. The first-order valence-corrected chi connectivity index (χ1v) is 3.41. The van der Waals surface area contributed by atoms with Crippen molar-refractivity contribution in [3.63, 3.8) is 0 Å². The van der Waals surface area contributed by atoms with Gasteiger partial charge in [0.25, 0.3) is 5.95 Å². The summed E-state index contributed by atoms with van der Waals surface area (Å²) < 4.78 is 12.9. The van der Waals surface area contributed by atoms with Gasteiger partial charge in [-0.1, -0.05) is 0 Å². The van der Waals surface area contributed by atoms with E-state index in [1.165, 1.54) is 6.20 Å². The highest BCUT2D eigenvalue weighted by molar-refractivity contribution is 9.10. The third-order valence-corrected chi connectivity index (χ3v) is 1.28. The molecule has 4 nitrogen and oxygen atoms in total. The van der Waals surface area contributed by atoms with Gasteiger partial charge in [0.15, 0.2) is 5.82 Å². The third kappa shape index (κ3) is 1.94. The normalized spacial score (nSPS) is 9.27. The van der Waals surface area contributed by atoms with Gasteiger partial charge in [0.1, 0.15) is 4.60 Å². The van der Waals surface area contributed by atoms with Crippen molar-refractivity contribution < 1.29 is 9.18 Å². The Hall–Kier alpha value is -1.04. The summed E-state index contributed by atoms with van der Waals surface area (Å²) in [4.78, 5) is 16.8. The van der Waals surface area contributed by atoms with Crippen LogP contribution in [0.15, 0.2) is 10.8 Å². The highest BCUT2D eigenvalue weighted by Gasteiger charge is 2.03. The van der Waals surface area contributed by atoms with E-state index in [0.717, 1.165) is 0 Å². The molecule has 0 radical (unpaired) electrons. The number of aromatic nitrogens is 2. The number of carbonyl (C=O) groups is 1. The Bertz CT molecular complexity index is 280. The van der Waals surface area contributed by atoms with Crippen LogP contribution in [0.3, 0.4) is 0 Å². The van der Waals surface area contributed by atoms with Gasteiger partial charge < -0.3 is 5.32 Å². The number of amides is 1. The molecule has 0 saturated heterocycles. The van der Waals surface area contributed by atoms with Crippen LogP contribution in [-0.2, 0) is 4.79 Å². The molecule has 0 aromatic carbocycles. The lowest BCUT2D eigenvalue weighted by molar-refractivity contribution is -0.105. The summed E-state index contributed by atoms with van der Waals surface area (Å²) in [6.07, 6.45) is 1.53. The molecule has 0 bridgehead atoms. The maximum atomic E-state index is 12.5. The summed E-state index contributed by atoms with van der Waals surface area (Å²) in [5.74, 6) is -0.991. The van der Waals surface area contributed by atoms with Crippen molar-refractivity contribution in [2.45, 2.75) is 0 Å². The molecule has 0 atom stereocenters. The maximum Gasteiger partial charge on any atom is 0.256 e. The summed E-state index contributed by atoms with van der Waals surface area (Å²) in [5.41, 5.74) is 0. The van der Waals surface area contributed by atoms with Crippen molar-refractivity contribution >= 4 is 28.2 Å². The first kappa shape index (κ1) is 8.06. The fraction of sp³-hybridized carbons (Fsp3) is 0. The zero-order valence-electron chi connectivity index (χ0n) is 5.21. The van der Waals surface area contributed by atoms with Gasteiger partial charge in [-0.05, 0) is 15.9 Å². The molecule has 0 aliphatic heterocycles. The Balaban J connectivity index is 3.01. The fourth-order valence-electron chi connectivity index (χ4n) is 0.501. The van der Waals surface area contributed by atoms with E-state index < -0.39 is 5.95 Å². The van der Waals surface area contributed by atoms with E-state index in [0.29, 0.717) is 11.0 Å². The van der Waals surface area contributed by atoms with Crippen LogP contribution >= 0.6 is 15.9 Å². The van der Waals surface area contributed by atoms with Crippen LogP contribution in [0.5, 0.6) is 0 Å². The first-order chi connectivity index (χ1) is 5.24. The van der Waals surface area contributed by atoms with Gasteiger partial charge in [-0.15, -0.1) is 0 Å². The molecule has 0 fully saturated rings. The monoisotopic (exact) mass is 219 g/mol. The smallest absolute Gasteiger partial charge is 0.256 e. The molecular weight excluding hydrogens is 217 g/mol. The Morgan fingerprint density at radius 3 is 3.09 bits per heavy atom. The summed E-state index contributed by atoms with van der Waals surface area (Å²) in [6, 6.07) is 0. The van der Waals surface area contributed by atoms with Gasteiger partial charge in [-0.3, -0.25) is 4.79 Å². The van der Waals surface area contributed by atoms with E-state index in [4.69, 9.17) is 0 Å². The number of rotatable bonds is 2. The van der Waals surface area contributed by atoms with E-state index >= 15 is 0 Å². The van der Waals surface area contributed by atoms with Gasteiger partial charge in [0.05, 0.1) is 6.20 Å². The van der Waals surface area contributed by atoms with E-state index in [1.807, 2.05) is 0 Å². The molecule has 1 aromatic rings. The SMILES string of the molecule is O=CNc1nc(Br)cnc1F. The molecule has 1 N–H and O–H groups in total. The molecule has 1 aromatic heterocycles. The van der Waals surface area contributed by atoms with E-state index in [2.05, 4.69) is 31.2 Å². The molecular formula is C5H3BrFN3O. The Kier molecular flexibility index (Phi) is 2.48. The van der Waals surface area contributed by atoms with Crippen LogP contribution in [0.25, 0.3) is 0 Å². The number of hydrogen-bond donors (Lipinski definition) is 1. The summed E-state index contributed by atoms with van der Waals surface area (Å²) in [7, 11) is 0. The molecule has 11 heavy (non-hydrogen) atoms. The van der Waals surface area contributed by atoms with Crippen molar-refractivity contribution in [2.24, 2.45) is 0 Å². The molecule has 1 rings (SSSR count). The second kappa shape index (κ2) is 3.38. The lowest BCUT2D eigenvalue weighted by Gasteiger charge is -1.97. The minimum absolute atomic E-state index is 0.186. The topological polar surface area (TPSA) is 54.9 Å². The van der Waals surface area contributed by atoms with Crippen LogP contribution in [-0.4, -0.2) is 16.4 Å². The number of halogens is 2. The fourth-order valence-corrected chi connectivity index (χ4v) is 0.780. The molecule has 0 saturated carbocycles. The second-order valence-electron chi connectivity index (χ2n) is 1.59. The summed E-state index contributed by atoms with van der Waals surface area (Å²) in [5, 5.41) is 2.06. The average Bonchev–Trinajstić information content (AvgIpc) is 1.98. The molecule has 58 valence electrons. The van der Waals surface area contributed by atoms with Crippen molar-refractivity contribution in [2.75, 3.05) is 5.32 Å². The van der Waals surface area contributed by atoms with E-state index in [9.17, 15) is 9.18 Å². The minimum atomic E-state index is -0.805. The van der Waals surface area contributed by atoms with Crippen LogP contribution < -0.4 is 5.32 Å². The average molecular weight is 220 g/mol. The lowest BCUT2D eigenvalue weighted by Crippen LogP contribution is -2.01. The number of carbonyl (C=O) groups excluding carboxylic acids is 1. The number of nitrogens with one attached hydrogen (secondary N) is 1. The molecule has 0 aliphatic rings. The standard InChI is InChI=1S/C5H3BrFN3O/c6-3-1-8-4(7)5(10-3)9-2-11/h1-2H,(H,9,10,11). The van der Waals surface area contributed by atoms with Gasteiger partial charge >= 0.3 is 0 Å². The quantitative estimate of drug-likeness (QED) is 0.754. The maximum absolute atomic E-state index is 12.5. The number of anilines is 1. The summed E-state index contributed by atoms with van der Waals surface area (Å²) in [6.45, 7) is 0. The van der Waals surface area contributed by atoms with Crippen molar-refractivity contribution in [1.29, 1.82) is 0 Å². The first-order valence-electron chi connectivity index (χ1n) is 2.62. The van der Waals surface area contributed by atoms with Gasteiger partial charge in [0, 0.05) is 0 Å². The van der Waals surface area contributed by atoms with Crippen LogP contribution in [0.1, 0.15) is 0 Å². The number of nitrogens with zero attached hydrogens (tertiary/aromatic N) is 2. The van der Waals surface area contributed by atoms with Gasteiger partial charge in [0.2, 0.25) is 6.41 Å². The highest BCUT2D eigenvalue weighted by atomic mass is 79.9. The Labute approximate surface area is 70.0 Å². The van der Waals surface area contributed by atoms with E-state index in [-0.39, 0.29) is 5.82 Å². The molecule has 0 spiro atoms. The third-order valence-electron chi connectivity index (χ3n) is 0.894. The van der Waals surface area contributed by atoms with Crippen molar-refractivity contribution in [1.82, 2.24) is 9.97 Å². The molecule has 0 unspecified atom stereocenters. The summed E-state index contributed by atoms with van der Waals surface area (Å²) >= 11 is 2.97. The molecule has 1 amide bonds. The largest absolute Gasteiger partial charge is 0.309 e. The highest BCUT2D eigenvalue weighted by Crippen LogP contribution is 2.10. The Morgan fingerprint density at radius 2 is 2.45 bits per heavy atom. The van der Waals surface area contributed by atoms with Gasteiger partial charge in [-0.25, -0.2) is 9.97 Å². The molecule has 6 heteroatoms. The zero-order valence-corrected chi connectivity index (χ0v) is 6.80. The van der Waals surface area contributed by atoms with E-state index in [1.54, 1.807) is 0 Å². The number of hydrogen-bond acceptors (Lipinski definition) is 3. The second-order valence-corrected chi connectivity index (χ2v) is 2.41. The predicted octanol–water partition coefficient (Wildman–Crippen LogP) is 0.946. The van der Waals surface area contributed by atoms with Crippen molar-refractivity contribution in [3.8, 4) is 0 Å². The zero-order chi connectivity index (χ0) is 8.27. The lowest BCUT2D eigenvalue weighted by atomic mass is 10.6. The van der Waals surface area contributed by atoms with Crippen LogP contribution in [0.2, 0.25) is 0 Å². The molecule has 0 aliphatic carbocycles. The van der Waals surface area contributed by atoms with Crippen LogP contribution in [0, 0.1) is 5.95 Å². The molecule has 1 heterocycles.